The molecule has 0 saturated carbocycles. The number of carbonyl (C=O) groups is 2. The number of hydrogen-bond acceptors (Lipinski definition) is 4. The van der Waals surface area contributed by atoms with Crippen LogP contribution in [0.4, 0.5) is 0 Å². The van der Waals surface area contributed by atoms with Crippen LogP contribution in [0.2, 0.25) is 10.0 Å². The number of nitrogens with one attached hydrogen (secondary N) is 2. The van der Waals surface area contributed by atoms with E-state index < -0.39 is 11.9 Å². The van der Waals surface area contributed by atoms with E-state index in [-0.39, 0.29) is 28.6 Å². The van der Waals surface area contributed by atoms with Crippen molar-refractivity contribution in [3.63, 3.8) is 0 Å². The third-order valence-electron chi connectivity index (χ3n) is 4.52. The van der Waals surface area contributed by atoms with E-state index in [1.165, 1.54) is 6.07 Å². The van der Waals surface area contributed by atoms with Gasteiger partial charge in [0.25, 0.3) is 5.91 Å². The van der Waals surface area contributed by atoms with Crippen molar-refractivity contribution in [3.8, 4) is 5.75 Å². The number of ether oxygens (including phenoxy) is 1. The Labute approximate surface area is 198 Å². The lowest BCUT2D eigenvalue weighted by Crippen LogP contribution is -2.47. The van der Waals surface area contributed by atoms with Crippen LogP contribution in [0, 0.1) is 0 Å². The highest BCUT2D eigenvalue weighted by Gasteiger charge is 2.24. The summed E-state index contributed by atoms with van der Waals surface area (Å²) in [5.41, 5.74) is 1.22. The number of hydrogen-bond donors (Lipinski definition) is 2. The monoisotopic (exact) mass is 482 g/mol. The van der Waals surface area contributed by atoms with Gasteiger partial charge in [-0.25, -0.2) is 0 Å². The van der Waals surface area contributed by atoms with E-state index in [4.69, 9.17) is 27.9 Å². The Balaban J connectivity index is 2.06. The molecule has 0 saturated heterocycles. The molecule has 31 heavy (non-hydrogen) atoms. The molecule has 5 nitrogen and oxygen atoms in total. The second kappa shape index (κ2) is 12.2. The average molecular weight is 483 g/mol. The van der Waals surface area contributed by atoms with E-state index in [1.54, 1.807) is 23.9 Å². The third kappa shape index (κ3) is 7.95. The molecule has 2 amide bonds. The van der Waals surface area contributed by atoms with Gasteiger partial charge in [-0.05, 0) is 75.1 Å². The summed E-state index contributed by atoms with van der Waals surface area (Å²) in [5, 5.41) is 6.48. The van der Waals surface area contributed by atoms with Crippen LogP contribution in [0.1, 0.15) is 49.2 Å². The van der Waals surface area contributed by atoms with Gasteiger partial charge in [0.05, 0.1) is 22.7 Å². The first kappa shape index (κ1) is 25.4. The zero-order valence-corrected chi connectivity index (χ0v) is 20.4. The van der Waals surface area contributed by atoms with Gasteiger partial charge >= 0.3 is 0 Å². The summed E-state index contributed by atoms with van der Waals surface area (Å²) < 4.78 is 5.66. The van der Waals surface area contributed by atoms with E-state index in [0.717, 1.165) is 17.1 Å². The molecule has 0 fully saturated rings. The van der Waals surface area contributed by atoms with Crippen LogP contribution in [-0.4, -0.2) is 36.0 Å². The standard InChI is InChI=1S/C23H28Cl2N2O3S/c1-14(2)30-18-8-5-16(6-9-18)15(3)26-23(29)21(11-12-31-4)27-22(28)19-10-7-17(24)13-20(19)25/h5-10,13-15,21H,11-12H2,1-4H3,(H,26,29)(H,27,28). The van der Waals surface area contributed by atoms with Gasteiger partial charge in [-0.15, -0.1) is 0 Å². The number of benzene rings is 2. The zero-order valence-electron chi connectivity index (χ0n) is 18.1. The largest absolute Gasteiger partial charge is 0.491 e. The van der Waals surface area contributed by atoms with Crippen molar-refractivity contribution in [3.05, 3.63) is 63.6 Å². The Morgan fingerprint density at radius 1 is 1.03 bits per heavy atom. The van der Waals surface area contributed by atoms with Crippen LogP contribution < -0.4 is 15.4 Å². The quantitative estimate of drug-likeness (QED) is 0.468. The third-order valence-corrected chi connectivity index (χ3v) is 5.71. The van der Waals surface area contributed by atoms with Gasteiger partial charge in [0.1, 0.15) is 11.8 Å². The van der Waals surface area contributed by atoms with Crippen LogP contribution in [0.5, 0.6) is 5.75 Å². The SMILES string of the molecule is CSCCC(NC(=O)c1ccc(Cl)cc1Cl)C(=O)NC(C)c1ccc(OC(C)C)cc1. The lowest BCUT2D eigenvalue weighted by Gasteiger charge is -2.22. The summed E-state index contributed by atoms with van der Waals surface area (Å²) in [4.78, 5) is 25.6. The fourth-order valence-corrected chi connectivity index (χ4v) is 3.88. The molecule has 0 heterocycles. The molecule has 0 aliphatic carbocycles. The van der Waals surface area contributed by atoms with Gasteiger partial charge in [0.15, 0.2) is 0 Å². The number of rotatable bonds is 10. The number of carbonyl (C=O) groups excluding carboxylic acids is 2. The predicted octanol–water partition coefficient (Wildman–Crippen LogP) is 5.51. The summed E-state index contributed by atoms with van der Waals surface area (Å²) in [6.45, 7) is 5.84. The fraction of sp³-hybridized carbons (Fsp3) is 0.391. The molecular formula is C23H28Cl2N2O3S. The molecule has 2 aromatic rings. The van der Waals surface area contributed by atoms with Crippen LogP contribution in [-0.2, 0) is 4.79 Å². The molecule has 0 aliphatic heterocycles. The maximum Gasteiger partial charge on any atom is 0.253 e. The number of halogens is 2. The molecule has 2 aromatic carbocycles. The second-order valence-electron chi connectivity index (χ2n) is 7.40. The Morgan fingerprint density at radius 2 is 1.71 bits per heavy atom. The minimum absolute atomic E-state index is 0.0953. The first-order valence-electron chi connectivity index (χ1n) is 10.0. The first-order chi connectivity index (χ1) is 14.7. The van der Waals surface area contributed by atoms with Gasteiger partial charge in [-0.2, -0.15) is 11.8 Å². The lowest BCUT2D eigenvalue weighted by atomic mass is 10.1. The van der Waals surface area contributed by atoms with Crippen molar-refractivity contribution in [2.75, 3.05) is 12.0 Å². The van der Waals surface area contributed by atoms with E-state index in [2.05, 4.69) is 10.6 Å². The predicted molar refractivity (Wildman–Crippen MR) is 129 cm³/mol. The first-order valence-corrected chi connectivity index (χ1v) is 12.2. The summed E-state index contributed by atoms with van der Waals surface area (Å²) in [5.74, 6) is 0.845. The Bertz CT molecular complexity index is 891. The molecule has 168 valence electrons. The highest BCUT2D eigenvalue weighted by molar-refractivity contribution is 7.98. The smallest absolute Gasteiger partial charge is 0.253 e. The minimum Gasteiger partial charge on any atom is -0.491 e. The average Bonchev–Trinajstić information content (AvgIpc) is 2.70. The maximum atomic E-state index is 12.9. The molecule has 2 rings (SSSR count). The normalized spacial score (nSPS) is 12.9. The highest BCUT2D eigenvalue weighted by Crippen LogP contribution is 2.22. The van der Waals surface area contributed by atoms with Gasteiger partial charge in [-0.3, -0.25) is 9.59 Å². The summed E-state index contributed by atoms with van der Waals surface area (Å²) in [7, 11) is 0. The van der Waals surface area contributed by atoms with E-state index in [0.29, 0.717) is 11.4 Å². The van der Waals surface area contributed by atoms with Crippen molar-refractivity contribution >= 4 is 46.8 Å². The molecule has 0 aliphatic rings. The molecular weight excluding hydrogens is 455 g/mol. The second-order valence-corrected chi connectivity index (χ2v) is 9.23. The number of thioether (sulfide) groups is 1. The Kier molecular flexibility index (Phi) is 10.0. The Morgan fingerprint density at radius 3 is 2.29 bits per heavy atom. The summed E-state index contributed by atoms with van der Waals surface area (Å²) >= 11 is 13.7. The maximum absolute atomic E-state index is 12.9. The van der Waals surface area contributed by atoms with Crippen LogP contribution in [0.3, 0.4) is 0 Å². The molecule has 0 radical (unpaired) electrons. The van der Waals surface area contributed by atoms with E-state index in [9.17, 15) is 9.59 Å². The number of amides is 2. The van der Waals surface area contributed by atoms with Gasteiger partial charge in [0, 0.05) is 5.02 Å². The molecule has 0 bridgehead atoms. The molecule has 0 aromatic heterocycles. The molecule has 2 N–H and O–H groups in total. The zero-order chi connectivity index (χ0) is 23.0. The van der Waals surface area contributed by atoms with E-state index in [1.807, 2.05) is 51.3 Å². The van der Waals surface area contributed by atoms with Crippen molar-refractivity contribution < 1.29 is 14.3 Å². The summed E-state index contributed by atoms with van der Waals surface area (Å²) in [6, 6.07) is 11.3. The highest BCUT2D eigenvalue weighted by atomic mass is 35.5. The van der Waals surface area contributed by atoms with Crippen LogP contribution >= 0.6 is 35.0 Å². The Hall–Kier alpha value is -1.89. The molecule has 2 unspecified atom stereocenters. The van der Waals surface area contributed by atoms with Gasteiger partial charge in [-0.1, -0.05) is 35.3 Å². The minimum atomic E-state index is -0.683. The van der Waals surface area contributed by atoms with Gasteiger partial charge in [0.2, 0.25) is 5.91 Å². The molecule has 2 atom stereocenters. The fourth-order valence-electron chi connectivity index (χ4n) is 2.92. The summed E-state index contributed by atoms with van der Waals surface area (Å²) in [6.07, 6.45) is 2.55. The molecule has 8 heteroatoms. The van der Waals surface area contributed by atoms with Crippen molar-refractivity contribution in [2.45, 2.75) is 45.4 Å². The molecule has 0 spiro atoms. The van der Waals surface area contributed by atoms with Gasteiger partial charge < -0.3 is 15.4 Å². The topological polar surface area (TPSA) is 67.4 Å². The van der Waals surface area contributed by atoms with E-state index >= 15 is 0 Å². The van der Waals surface area contributed by atoms with Crippen LogP contribution in [0.15, 0.2) is 42.5 Å². The van der Waals surface area contributed by atoms with Crippen molar-refractivity contribution in [1.29, 1.82) is 0 Å². The van der Waals surface area contributed by atoms with Crippen molar-refractivity contribution in [2.24, 2.45) is 0 Å². The lowest BCUT2D eigenvalue weighted by molar-refractivity contribution is -0.123. The van der Waals surface area contributed by atoms with Crippen molar-refractivity contribution in [1.82, 2.24) is 10.6 Å². The van der Waals surface area contributed by atoms with Crippen LogP contribution in [0.25, 0.3) is 0 Å².